The maximum absolute atomic E-state index is 6.24. The van der Waals surface area contributed by atoms with Gasteiger partial charge in [-0.2, -0.15) is 0 Å². The van der Waals surface area contributed by atoms with E-state index in [0.29, 0.717) is 5.65 Å². The minimum atomic E-state index is 0.251. The molecule has 124 valence electrons. The number of aromatic amines is 1. The molecule has 4 rings (SSSR count). The molecule has 6 nitrogen and oxygen atoms in total. The molecule has 0 saturated carbocycles. The van der Waals surface area contributed by atoms with Crippen LogP contribution in [0.15, 0.2) is 30.9 Å². The summed E-state index contributed by atoms with van der Waals surface area (Å²) in [5.74, 6) is 1.94. The van der Waals surface area contributed by atoms with Crippen molar-refractivity contribution in [1.29, 1.82) is 0 Å². The highest BCUT2D eigenvalue weighted by atomic mass is 16.5. The zero-order valence-electron chi connectivity index (χ0n) is 14.0. The monoisotopic (exact) mass is 323 g/mol. The van der Waals surface area contributed by atoms with Crippen LogP contribution in [0.2, 0.25) is 0 Å². The number of benzene rings is 1. The Hall–Kier alpha value is -2.63. The van der Waals surface area contributed by atoms with E-state index >= 15 is 0 Å². The number of aromatic nitrogens is 4. The van der Waals surface area contributed by atoms with Gasteiger partial charge in [-0.25, -0.2) is 15.0 Å². The fourth-order valence-corrected chi connectivity index (χ4v) is 3.19. The van der Waals surface area contributed by atoms with E-state index in [9.17, 15) is 0 Å². The quantitative estimate of drug-likeness (QED) is 0.802. The lowest BCUT2D eigenvalue weighted by Gasteiger charge is -2.33. The molecule has 0 bridgehead atoms. The number of nitrogens with one attached hydrogen (secondary N) is 1. The standard InChI is InChI=1S/C18H21N5O/c1-12-3-4-13(2)15(9-12)24-14-5-7-23(8-6-14)18-16-17(20-10-19-16)21-11-22-18/h3-4,9-11,14H,5-8H2,1-2H3,(H,19,20,21,22). The Balaban J connectivity index is 1.45. The summed E-state index contributed by atoms with van der Waals surface area (Å²) < 4.78 is 6.24. The molecule has 2 aromatic heterocycles. The summed E-state index contributed by atoms with van der Waals surface area (Å²) in [6, 6.07) is 6.37. The molecule has 6 heteroatoms. The van der Waals surface area contributed by atoms with Crippen molar-refractivity contribution in [1.82, 2.24) is 19.9 Å². The lowest BCUT2D eigenvalue weighted by Crippen LogP contribution is -2.39. The number of nitrogens with zero attached hydrogens (tertiary/aromatic N) is 4. The number of aryl methyl sites for hydroxylation is 2. The van der Waals surface area contributed by atoms with Crippen molar-refractivity contribution < 1.29 is 4.74 Å². The zero-order valence-corrected chi connectivity index (χ0v) is 14.0. The Bertz CT molecular complexity index is 851. The molecule has 3 aromatic rings. The number of imidazole rings is 1. The molecular formula is C18H21N5O. The van der Waals surface area contributed by atoms with Crippen LogP contribution in [0.1, 0.15) is 24.0 Å². The first kappa shape index (κ1) is 14.9. The number of ether oxygens (including phenoxy) is 1. The van der Waals surface area contributed by atoms with Gasteiger partial charge in [-0.15, -0.1) is 0 Å². The van der Waals surface area contributed by atoms with Gasteiger partial charge < -0.3 is 14.6 Å². The van der Waals surface area contributed by atoms with Crippen molar-refractivity contribution in [3.05, 3.63) is 42.0 Å². The van der Waals surface area contributed by atoms with E-state index in [1.807, 2.05) is 0 Å². The topological polar surface area (TPSA) is 66.9 Å². The highest BCUT2D eigenvalue weighted by Crippen LogP contribution is 2.27. The molecule has 0 radical (unpaired) electrons. The third kappa shape index (κ3) is 2.79. The second-order valence-corrected chi connectivity index (χ2v) is 6.37. The van der Waals surface area contributed by atoms with Crippen LogP contribution in [-0.2, 0) is 0 Å². The van der Waals surface area contributed by atoms with Crippen LogP contribution in [0.5, 0.6) is 5.75 Å². The molecular weight excluding hydrogens is 302 g/mol. The number of hydrogen-bond acceptors (Lipinski definition) is 5. The highest BCUT2D eigenvalue weighted by Gasteiger charge is 2.23. The molecule has 0 atom stereocenters. The van der Waals surface area contributed by atoms with E-state index < -0.39 is 0 Å². The number of hydrogen-bond donors (Lipinski definition) is 1. The number of piperidine rings is 1. The van der Waals surface area contributed by atoms with Gasteiger partial charge in [-0.1, -0.05) is 12.1 Å². The zero-order chi connectivity index (χ0) is 16.5. The average Bonchev–Trinajstić information content (AvgIpc) is 3.08. The Morgan fingerprint density at radius 3 is 2.79 bits per heavy atom. The van der Waals surface area contributed by atoms with Crippen LogP contribution in [-0.4, -0.2) is 39.1 Å². The van der Waals surface area contributed by atoms with Crippen molar-refractivity contribution in [3.8, 4) is 5.75 Å². The van der Waals surface area contributed by atoms with Gasteiger partial charge in [0.05, 0.1) is 6.33 Å². The summed E-state index contributed by atoms with van der Waals surface area (Å²) >= 11 is 0. The Morgan fingerprint density at radius 2 is 1.96 bits per heavy atom. The van der Waals surface area contributed by atoms with Crippen LogP contribution >= 0.6 is 0 Å². The number of rotatable bonds is 3. The maximum Gasteiger partial charge on any atom is 0.182 e. The smallest absolute Gasteiger partial charge is 0.182 e. The largest absolute Gasteiger partial charge is 0.490 e. The molecule has 0 unspecified atom stereocenters. The van der Waals surface area contributed by atoms with E-state index in [4.69, 9.17) is 4.74 Å². The minimum Gasteiger partial charge on any atom is -0.490 e. The molecule has 0 amide bonds. The SMILES string of the molecule is Cc1ccc(C)c(OC2CCN(c3ncnc4nc[nH]c34)CC2)c1. The van der Waals surface area contributed by atoms with Gasteiger partial charge in [-0.05, 0) is 31.0 Å². The van der Waals surface area contributed by atoms with Gasteiger partial charge in [-0.3, -0.25) is 0 Å². The van der Waals surface area contributed by atoms with Crippen LogP contribution in [0.3, 0.4) is 0 Å². The fourth-order valence-electron chi connectivity index (χ4n) is 3.19. The van der Waals surface area contributed by atoms with Gasteiger partial charge in [0.15, 0.2) is 11.5 Å². The number of H-pyrrole nitrogens is 1. The second kappa shape index (κ2) is 6.11. The van der Waals surface area contributed by atoms with Crippen molar-refractivity contribution >= 4 is 17.0 Å². The highest BCUT2D eigenvalue weighted by molar-refractivity contribution is 5.82. The maximum atomic E-state index is 6.24. The second-order valence-electron chi connectivity index (χ2n) is 6.37. The fraction of sp³-hybridized carbons (Fsp3) is 0.389. The molecule has 0 spiro atoms. The number of fused-ring (bicyclic) bond motifs is 1. The van der Waals surface area contributed by atoms with Crippen molar-refractivity contribution in [2.75, 3.05) is 18.0 Å². The van der Waals surface area contributed by atoms with Crippen LogP contribution in [0.4, 0.5) is 5.82 Å². The first-order valence-electron chi connectivity index (χ1n) is 8.33. The Kier molecular flexibility index (Phi) is 3.80. The van der Waals surface area contributed by atoms with Gasteiger partial charge in [0.25, 0.3) is 0 Å². The predicted molar refractivity (Wildman–Crippen MR) is 93.5 cm³/mol. The Labute approximate surface area is 140 Å². The van der Waals surface area contributed by atoms with Gasteiger partial charge in [0, 0.05) is 25.9 Å². The molecule has 1 aliphatic rings. The summed E-state index contributed by atoms with van der Waals surface area (Å²) in [5.41, 5.74) is 4.05. The molecule has 0 aliphatic carbocycles. The summed E-state index contributed by atoms with van der Waals surface area (Å²) in [6.45, 7) is 6.03. The van der Waals surface area contributed by atoms with Crippen molar-refractivity contribution in [2.45, 2.75) is 32.8 Å². The summed E-state index contributed by atoms with van der Waals surface area (Å²) in [7, 11) is 0. The normalized spacial score (nSPS) is 15.8. The van der Waals surface area contributed by atoms with Crippen molar-refractivity contribution in [3.63, 3.8) is 0 Å². The molecule has 1 saturated heterocycles. The molecule has 24 heavy (non-hydrogen) atoms. The van der Waals surface area contributed by atoms with Gasteiger partial charge in [0.2, 0.25) is 0 Å². The van der Waals surface area contributed by atoms with Crippen LogP contribution in [0.25, 0.3) is 11.2 Å². The average molecular weight is 323 g/mol. The summed E-state index contributed by atoms with van der Waals surface area (Å²) in [5, 5.41) is 0. The van der Waals surface area contributed by atoms with E-state index in [0.717, 1.165) is 43.0 Å². The van der Waals surface area contributed by atoms with Gasteiger partial charge >= 0.3 is 0 Å². The molecule has 1 N–H and O–H groups in total. The lowest BCUT2D eigenvalue weighted by atomic mass is 10.1. The molecule has 1 aromatic carbocycles. The van der Waals surface area contributed by atoms with Crippen LogP contribution < -0.4 is 9.64 Å². The first-order chi connectivity index (χ1) is 11.7. The third-order valence-corrected chi connectivity index (χ3v) is 4.58. The lowest BCUT2D eigenvalue weighted by molar-refractivity contribution is 0.169. The van der Waals surface area contributed by atoms with E-state index in [-0.39, 0.29) is 6.10 Å². The third-order valence-electron chi connectivity index (χ3n) is 4.58. The van der Waals surface area contributed by atoms with E-state index in [1.54, 1.807) is 12.7 Å². The molecule has 1 aliphatic heterocycles. The van der Waals surface area contributed by atoms with Gasteiger partial charge in [0.1, 0.15) is 23.7 Å². The van der Waals surface area contributed by atoms with Crippen molar-refractivity contribution in [2.24, 2.45) is 0 Å². The summed E-state index contributed by atoms with van der Waals surface area (Å²) in [4.78, 5) is 18.2. The molecule has 1 fully saturated rings. The van der Waals surface area contributed by atoms with Crippen LogP contribution in [0, 0.1) is 13.8 Å². The Morgan fingerprint density at radius 1 is 1.12 bits per heavy atom. The van der Waals surface area contributed by atoms with E-state index in [2.05, 4.69) is 56.9 Å². The summed E-state index contributed by atoms with van der Waals surface area (Å²) in [6.07, 6.45) is 5.46. The first-order valence-corrected chi connectivity index (χ1v) is 8.33. The molecule has 3 heterocycles. The van der Waals surface area contributed by atoms with E-state index in [1.165, 1.54) is 11.1 Å². The minimum absolute atomic E-state index is 0.251. The number of anilines is 1. The predicted octanol–water partition coefficient (Wildman–Crippen LogP) is 3.02.